The van der Waals surface area contributed by atoms with Gasteiger partial charge in [-0.15, -0.1) is 0 Å². The van der Waals surface area contributed by atoms with Gasteiger partial charge < -0.3 is 15.6 Å². The molecule has 0 aliphatic heterocycles. The summed E-state index contributed by atoms with van der Waals surface area (Å²) in [7, 11) is 0. The predicted molar refractivity (Wildman–Crippen MR) is 74.6 cm³/mol. The molecular weight excluding hydrogens is 234 g/mol. The maximum absolute atomic E-state index is 9.74. The molecule has 1 aromatic rings. The van der Waals surface area contributed by atoms with Crippen LogP contribution in [-0.4, -0.2) is 28.8 Å². The van der Waals surface area contributed by atoms with Crippen LogP contribution in [0.1, 0.15) is 20.3 Å². The molecule has 4 heteroatoms. The summed E-state index contributed by atoms with van der Waals surface area (Å²) in [5.41, 5.74) is 6.28. The average molecular weight is 255 g/mol. The predicted octanol–water partition coefficient (Wildman–Crippen LogP) is 2.54. The van der Waals surface area contributed by atoms with E-state index in [4.69, 9.17) is 10.5 Å². The molecule has 0 heterocycles. The molecular formula is C13H21NO2S. The zero-order chi connectivity index (χ0) is 12.7. The molecule has 0 spiro atoms. The highest BCUT2D eigenvalue weighted by atomic mass is 32.2. The summed E-state index contributed by atoms with van der Waals surface area (Å²) in [5, 5.41) is 10.3. The highest BCUT2D eigenvalue weighted by Gasteiger charge is 2.08. The van der Waals surface area contributed by atoms with E-state index < -0.39 is 6.10 Å². The number of aliphatic hydroxyl groups excluding tert-OH is 1. The van der Waals surface area contributed by atoms with Crippen LogP contribution in [-0.2, 0) is 0 Å². The molecule has 2 atom stereocenters. The largest absolute Gasteiger partial charge is 0.491 e. The molecule has 96 valence electrons. The first-order valence-corrected chi connectivity index (χ1v) is 6.94. The number of hydrogen-bond donors (Lipinski definition) is 2. The SMILES string of the molecule is CCC(C)SCC(O)COc1ccc(N)cc1. The maximum atomic E-state index is 9.74. The van der Waals surface area contributed by atoms with Crippen molar-refractivity contribution >= 4 is 17.4 Å². The molecule has 3 nitrogen and oxygen atoms in total. The Morgan fingerprint density at radius 1 is 1.35 bits per heavy atom. The van der Waals surface area contributed by atoms with Crippen molar-refractivity contribution in [2.24, 2.45) is 0 Å². The normalized spacial score (nSPS) is 14.3. The smallest absolute Gasteiger partial charge is 0.119 e. The standard InChI is InChI=1S/C13H21NO2S/c1-3-10(2)17-9-12(15)8-16-13-6-4-11(14)5-7-13/h4-7,10,12,15H,3,8-9,14H2,1-2H3. The third-order valence-electron chi connectivity index (χ3n) is 2.47. The molecule has 0 bridgehead atoms. The molecule has 17 heavy (non-hydrogen) atoms. The third-order valence-corrected chi connectivity index (χ3v) is 3.95. The number of ether oxygens (including phenoxy) is 1. The van der Waals surface area contributed by atoms with Crippen LogP contribution in [0.2, 0.25) is 0 Å². The minimum Gasteiger partial charge on any atom is -0.491 e. The molecule has 0 saturated heterocycles. The molecule has 1 rings (SSSR count). The van der Waals surface area contributed by atoms with E-state index in [1.54, 1.807) is 23.9 Å². The third kappa shape index (κ3) is 5.84. The average Bonchev–Trinajstić information content (AvgIpc) is 2.35. The van der Waals surface area contributed by atoms with Crippen LogP contribution in [0.25, 0.3) is 0 Å². The summed E-state index contributed by atoms with van der Waals surface area (Å²) in [4.78, 5) is 0. The summed E-state index contributed by atoms with van der Waals surface area (Å²) < 4.78 is 5.47. The lowest BCUT2D eigenvalue weighted by Gasteiger charge is -2.14. The number of aliphatic hydroxyl groups is 1. The zero-order valence-corrected chi connectivity index (χ0v) is 11.2. The van der Waals surface area contributed by atoms with Crippen LogP contribution < -0.4 is 10.5 Å². The minimum absolute atomic E-state index is 0.327. The first-order chi connectivity index (χ1) is 8.11. The van der Waals surface area contributed by atoms with Gasteiger partial charge in [-0.25, -0.2) is 0 Å². The summed E-state index contributed by atoms with van der Waals surface area (Å²) in [5.74, 6) is 1.45. The Kier molecular flexibility index (Phi) is 6.22. The van der Waals surface area contributed by atoms with Crippen LogP contribution >= 0.6 is 11.8 Å². The molecule has 1 aromatic carbocycles. The van der Waals surface area contributed by atoms with E-state index in [0.29, 0.717) is 23.3 Å². The van der Waals surface area contributed by atoms with E-state index in [0.717, 1.165) is 12.2 Å². The van der Waals surface area contributed by atoms with Crippen molar-refractivity contribution in [3.05, 3.63) is 24.3 Å². The number of nitrogen functional groups attached to an aromatic ring is 1. The minimum atomic E-state index is -0.424. The van der Waals surface area contributed by atoms with Crippen LogP contribution in [0.5, 0.6) is 5.75 Å². The van der Waals surface area contributed by atoms with Gasteiger partial charge in [0.25, 0.3) is 0 Å². The zero-order valence-electron chi connectivity index (χ0n) is 10.4. The number of nitrogens with two attached hydrogens (primary N) is 1. The second-order valence-electron chi connectivity index (χ2n) is 4.09. The Morgan fingerprint density at radius 2 is 2.00 bits per heavy atom. The van der Waals surface area contributed by atoms with Gasteiger partial charge >= 0.3 is 0 Å². The number of anilines is 1. The second-order valence-corrected chi connectivity index (χ2v) is 5.56. The van der Waals surface area contributed by atoms with Crippen LogP contribution in [0.4, 0.5) is 5.69 Å². The summed E-state index contributed by atoms with van der Waals surface area (Å²) >= 11 is 1.77. The quantitative estimate of drug-likeness (QED) is 0.735. The van der Waals surface area contributed by atoms with Crippen LogP contribution in [0.3, 0.4) is 0 Å². The van der Waals surface area contributed by atoms with E-state index in [1.807, 2.05) is 12.1 Å². The van der Waals surface area contributed by atoms with Crippen molar-refractivity contribution in [1.29, 1.82) is 0 Å². The van der Waals surface area contributed by atoms with Crippen molar-refractivity contribution in [2.45, 2.75) is 31.6 Å². The van der Waals surface area contributed by atoms with E-state index >= 15 is 0 Å². The summed E-state index contributed by atoms with van der Waals surface area (Å²) in [6, 6.07) is 7.19. The maximum Gasteiger partial charge on any atom is 0.119 e. The second kappa shape index (κ2) is 7.45. The van der Waals surface area contributed by atoms with Gasteiger partial charge in [0, 0.05) is 16.7 Å². The molecule has 0 amide bonds. The first kappa shape index (κ1) is 14.2. The van der Waals surface area contributed by atoms with Crippen molar-refractivity contribution in [3.8, 4) is 5.75 Å². The Morgan fingerprint density at radius 3 is 2.59 bits per heavy atom. The van der Waals surface area contributed by atoms with Crippen molar-refractivity contribution in [3.63, 3.8) is 0 Å². The van der Waals surface area contributed by atoms with Gasteiger partial charge in [-0.1, -0.05) is 13.8 Å². The van der Waals surface area contributed by atoms with E-state index in [2.05, 4.69) is 13.8 Å². The molecule has 2 unspecified atom stereocenters. The topological polar surface area (TPSA) is 55.5 Å². The Balaban J connectivity index is 2.23. The molecule has 0 aliphatic rings. The van der Waals surface area contributed by atoms with Gasteiger partial charge in [0.2, 0.25) is 0 Å². The Hall–Kier alpha value is -0.870. The Bertz CT molecular complexity index is 316. The molecule has 0 saturated carbocycles. The molecule has 3 N–H and O–H groups in total. The van der Waals surface area contributed by atoms with E-state index in [9.17, 15) is 5.11 Å². The lowest BCUT2D eigenvalue weighted by Crippen LogP contribution is -2.21. The molecule has 0 aliphatic carbocycles. The highest BCUT2D eigenvalue weighted by Crippen LogP contribution is 2.16. The number of rotatable bonds is 7. The number of hydrogen-bond acceptors (Lipinski definition) is 4. The Labute approximate surface area is 107 Å². The first-order valence-electron chi connectivity index (χ1n) is 5.89. The molecule has 0 aromatic heterocycles. The lowest BCUT2D eigenvalue weighted by molar-refractivity contribution is 0.126. The van der Waals surface area contributed by atoms with Gasteiger partial charge in [0.05, 0.1) is 6.10 Å². The van der Waals surface area contributed by atoms with Crippen molar-refractivity contribution < 1.29 is 9.84 Å². The summed E-state index contributed by atoms with van der Waals surface area (Å²) in [6.07, 6.45) is 0.697. The van der Waals surface area contributed by atoms with E-state index in [1.165, 1.54) is 0 Å². The number of thioether (sulfide) groups is 1. The fraction of sp³-hybridized carbons (Fsp3) is 0.538. The lowest BCUT2D eigenvalue weighted by atomic mass is 10.3. The molecule has 0 radical (unpaired) electrons. The van der Waals surface area contributed by atoms with Crippen molar-refractivity contribution in [2.75, 3.05) is 18.1 Å². The summed E-state index contributed by atoms with van der Waals surface area (Å²) in [6.45, 7) is 4.64. The van der Waals surface area contributed by atoms with Gasteiger partial charge in [-0.3, -0.25) is 0 Å². The van der Waals surface area contributed by atoms with E-state index in [-0.39, 0.29) is 0 Å². The van der Waals surface area contributed by atoms with Crippen LogP contribution in [0, 0.1) is 0 Å². The van der Waals surface area contributed by atoms with Gasteiger partial charge in [0.15, 0.2) is 0 Å². The van der Waals surface area contributed by atoms with Gasteiger partial charge in [-0.05, 0) is 30.7 Å². The number of benzene rings is 1. The fourth-order valence-corrected chi connectivity index (χ4v) is 2.08. The fourth-order valence-electron chi connectivity index (χ4n) is 1.20. The van der Waals surface area contributed by atoms with Gasteiger partial charge in [0.1, 0.15) is 12.4 Å². The van der Waals surface area contributed by atoms with Crippen LogP contribution in [0.15, 0.2) is 24.3 Å². The monoisotopic (exact) mass is 255 g/mol. The molecule has 0 fully saturated rings. The van der Waals surface area contributed by atoms with Gasteiger partial charge in [-0.2, -0.15) is 11.8 Å². The van der Waals surface area contributed by atoms with Crippen molar-refractivity contribution in [1.82, 2.24) is 0 Å². The highest BCUT2D eigenvalue weighted by molar-refractivity contribution is 7.99.